The van der Waals surface area contributed by atoms with E-state index in [0.717, 1.165) is 39.7 Å². The van der Waals surface area contributed by atoms with E-state index in [2.05, 4.69) is 249 Å². The molecule has 9 aromatic carbocycles. The molecular formula is C60H45N3. The number of fused-ring (bicyclic) bond motifs is 7. The molecule has 63 heavy (non-hydrogen) atoms. The van der Waals surface area contributed by atoms with E-state index in [9.17, 15) is 0 Å². The lowest BCUT2D eigenvalue weighted by atomic mass is 9.71. The second-order valence-electron chi connectivity index (χ2n) is 17.7. The van der Waals surface area contributed by atoms with Gasteiger partial charge in [-0.2, -0.15) is 0 Å². The first kappa shape index (κ1) is 37.0. The standard InChI is InChI=1S/C60H45N3/c1-59(2)52-25-15-13-23-48(52)49-36-35-47(37-53(49)59)62(44-29-27-41(28-30-44)40-17-7-4-8-18-40)45-31-33-46(34-32-45)63-56-26-16-14-24-50(56)51-38-55-54(39-57(51)63)60(3,43-21-11-6-12-22-43)58(61-55)42-19-9-5-10-20-42/h4-39H,1-3H3. The summed E-state index contributed by atoms with van der Waals surface area (Å²) in [5, 5.41) is 2.41. The van der Waals surface area contributed by atoms with Crippen LogP contribution in [0.2, 0.25) is 0 Å². The van der Waals surface area contributed by atoms with Crippen molar-refractivity contribution >= 4 is 50.3 Å². The monoisotopic (exact) mass is 807 g/mol. The summed E-state index contributed by atoms with van der Waals surface area (Å²) in [6.45, 7) is 7.05. The largest absolute Gasteiger partial charge is 0.310 e. The van der Waals surface area contributed by atoms with Gasteiger partial charge in [-0.05, 0) is 124 Å². The first-order chi connectivity index (χ1) is 30.9. The minimum atomic E-state index is -0.445. The molecule has 2 heterocycles. The van der Waals surface area contributed by atoms with Gasteiger partial charge in [-0.15, -0.1) is 0 Å². The number of hydrogen-bond acceptors (Lipinski definition) is 2. The van der Waals surface area contributed by atoms with Crippen molar-refractivity contribution in [2.75, 3.05) is 4.90 Å². The van der Waals surface area contributed by atoms with Crippen molar-refractivity contribution in [2.24, 2.45) is 4.99 Å². The van der Waals surface area contributed by atoms with Crippen LogP contribution in [0, 0.1) is 0 Å². The van der Waals surface area contributed by atoms with E-state index in [0.29, 0.717) is 0 Å². The van der Waals surface area contributed by atoms with E-state index >= 15 is 0 Å². The molecular weight excluding hydrogens is 763 g/mol. The van der Waals surface area contributed by atoms with Gasteiger partial charge >= 0.3 is 0 Å². The third-order valence-corrected chi connectivity index (χ3v) is 13.9. The van der Waals surface area contributed by atoms with Gasteiger partial charge in [-0.3, -0.25) is 4.99 Å². The lowest BCUT2D eigenvalue weighted by molar-refractivity contribution is 0.660. The number of aromatic nitrogens is 1. The van der Waals surface area contributed by atoms with Crippen LogP contribution in [0.15, 0.2) is 223 Å². The summed E-state index contributed by atoms with van der Waals surface area (Å²) in [6.07, 6.45) is 0. The van der Waals surface area contributed by atoms with Crippen LogP contribution in [0.3, 0.4) is 0 Å². The van der Waals surface area contributed by atoms with Crippen molar-refractivity contribution in [3.8, 4) is 27.9 Å². The van der Waals surface area contributed by atoms with Crippen molar-refractivity contribution in [3.63, 3.8) is 0 Å². The average molecular weight is 808 g/mol. The minimum absolute atomic E-state index is 0.116. The topological polar surface area (TPSA) is 20.5 Å². The number of aliphatic imine (C=N–C) groups is 1. The third-order valence-electron chi connectivity index (χ3n) is 13.9. The zero-order valence-corrected chi connectivity index (χ0v) is 35.6. The molecule has 2 aliphatic rings. The summed E-state index contributed by atoms with van der Waals surface area (Å²) in [7, 11) is 0. The minimum Gasteiger partial charge on any atom is -0.310 e. The molecule has 0 N–H and O–H groups in total. The van der Waals surface area contributed by atoms with Crippen LogP contribution in [0.4, 0.5) is 22.7 Å². The Morgan fingerprint density at radius 1 is 0.413 bits per heavy atom. The summed E-state index contributed by atoms with van der Waals surface area (Å²) >= 11 is 0. The summed E-state index contributed by atoms with van der Waals surface area (Å²) in [5.74, 6) is 0. The molecule has 10 aromatic rings. The molecule has 3 nitrogen and oxygen atoms in total. The van der Waals surface area contributed by atoms with E-state index in [1.54, 1.807) is 0 Å². The van der Waals surface area contributed by atoms with Gasteiger partial charge in [-0.1, -0.05) is 166 Å². The van der Waals surface area contributed by atoms with Gasteiger partial charge in [-0.25, -0.2) is 0 Å². The average Bonchev–Trinajstić information content (AvgIpc) is 3.91. The van der Waals surface area contributed by atoms with Crippen LogP contribution >= 0.6 is 0 Å². The molecule has 1 aliphatic carbocycles. The predicted octanol–water partition coefficient (Wildman–Crippen LogP) is 15.7. The van der Waals surface area contributed by atoms with E-state index in [1.165, 1.54) is 66.3 Å². The molecule has 0 spiro atoms. The fraction of sp³-hybridized carbons (Fsp3) is 0.0833. The highest BCUT2D eigenvalue weighted by Crippen LogP contribution is 2.52. The highest BCUT2D eigenvalue weighted by molar-refractivity contribution is 6.18. The zero-order valence-electron chi connectivity index (χ0n) is 35.6. The Balaban J connectivity index is 1.01. The predicted molar refractivity (Wildman–Crippen MR) is 264 cm³/mol. The summed E-state index contributed by atoms with van der Waals surface area (Å²) in [5.41, 5.74) is 19.7. The number of anilines is 3. The molecule has 0 saturated carbocycles. The number of benzene rings is 9. The molecule has 0 radical (unpaired) electrons. The zero-order chi connectivity index (χ0) is 42.3. The molecule has 0 saturated heterocycles. The van der Waals surface area contributed by atoms with Crippen molar-refractivity contribution < 1.29 is 0 Å². The Morgan fingerprint density at radius 2 is 0.984 bits per heavy atom. The fourth-order valence-corrected chi connectivity index (χ4v) is 10.6. The van der Waals surface area contributed by atoms with Gasteiger partial charge in [0.05, 0.1) is 27.8 Å². The summed E-state index contributed by atoms with van der Waals surface area (Å²) < 4.78 is 2.44. The van der Waals surface area contributed by atoms with E-state index in [-0.39, 0.29) is 5.41 Å². The van der Waals surface area contributed by atoms with Gasteiger partial charge < -0.3 is 9.47 Å². The van der Waals surface area contributed by atoms with Crippen LogP contribution < -0.4 is 4.90 Å². The number of hydrogen-bond donors (Lipinski definition) is 0. The molecule has 3 heteroatoms. The fourth-order valence-electron chi connectivity index (χ4n) is 10.6. The van der Waals surface area contributed by atoms with Crippen LogP contribution in [-0.4, -0.2) is 10.3 Å². The maximum Gasteiger partial charge on any atom is 0.0686 e. The molecule has 12 rings (SSSR count). The van der Waals surface area contributed by atoms with E-state index in [1.807, 2.05) is 0 Å². The first-order valence-corrected chi connectivity index (χ1v) is 22.0. The highest BCUT2D eigenvalue weighted by atomic mass is 15.1. The molecule has 300 valence electrons. The van der Waals surface area contributed by atoms with Crippen LogP contribution in [-0.2, 0) is 10.8 Å². The Kier molecular flexibility index (Phi) is 8.32. The smallest absolute Gasteiger partial charge is 0.0686 e. The van der Waals surface area contributed by atoms with Crippen molar-refractivity contribution in [1.82, 2.24) is 4.57 Å². The Bertz CT molecular complexity index is 3400. The van der Waals surface area contributed by atoms with Gasteiger partial charge in [0, 0.05) is 38.9 Å². The second kappa shape index (κ2) is 14.2. The second-order valence-corrected chi connectivity index (χ2v) is 17.7. The van der Waals surface area contributed by atoms with Crippen LogP contribution in [0.1, 0.15) is 48.6 Å². The lowest BCUT2D eigenvalue weighted by Gasteiger charge is -2.29. The molecule has 0 fully saturated rings. The Labute approximate surface area is 368 Å². The van der Waals surface area contributed by atoms with E-state index < -0.39 is 5.41 Å². The van der Waals surface area contributed by atoms with Crippen LogP contribution in [0.5, 0.6) is 0 Å². The molecule has 1 atom stereocenters. The van der Waals surface area contributed by atoms with Crippen LogP contribution in [0.25, 0.3) is 49.7 Å². The highest BCUT2D eigenvalue weighted by Gasteiger charge is 2.42. The van der Waals surface area contributed by atoms with Gasteiger partial charge in [0.2, 0.25) is 0 Å². The molecule has 1 aliphatic heterocycles. The number of nitrogens with zero attached hydrogens (tertiary/aromatic N) is 3. The summed E-state index contributed by atoms with van der Waals surface area (Å²) in [6, 6.07) is 79.7. The number of para-hydroxylation sites is 1. The third kappa shape index (κ3) is 5.70. The first-order valence-electron chi connectivity index (χ1n) is 22.0. The Morgan fingerprint density at radius 3 is 1.71 bits per heavy atom. The van der Waals surface area contributed by atoms with Gasteiger partial charge in [0.15, 0.2) is 0 Å². The molecule has 0 bridgehead atoms. The maximum atomic E-state index is 5.45. The molecule has 1 unspecified atom stereocenters. The van der Waals surface area contributed by atoms with Crippen molar-refractivity contribution in [2.45, 2.75) is 31.6 Å². The summed E-state index contributed by atoms with van der Waals surface area (Å²) in [4.78, 5) is 7.85. The molecule has 1 aromatic heterocycles. The SMILES string of the molecule is CC1(C)c2ccccc2-c2ccc(N(c3ccc(-c4ccccc4)cc3)c3ccc(-n4c5ccccc5c5cc6c(cc54)C(C)(c4ccccc4)C(c4ccccc4)=N6)cc3)cc21. The van der Waals surface area contributed by atoms with Crippen molar-refractivity contribution in [3.05, 3.63) is 246 Å². The quantitative estimate of drug-likeness (QED) is 0.157. The maximum absolute atomic E-state index is 5.45. The normalized spacial score (nSPS) is 15.8. The molecule has 0 amide bonds. The van der Waals surface area contributed by atoms with E-state index in [4.69, 9.17) is 4.99 Å². The van der Waals surface area contributed by atoms with Gasteiger partial charge in [0.1, 0.15) is 0 Å². The van der Waals surface area contributed by atoms with Crippen molar-refractivity contribution in [1.29, 1.82) is 0 Å². The lowest BCUT2D eigenvalue weighted by Crippen LogP contribution is -2.31. The number of rotatable bonds is 7. The Hall–Kier alpha value is -7.75. The van der Waals surface area contributed by atoms with Gasteiger partial charge in [0.25, 0.3) is 0 Å².